The second-order valence-electron chi connectivity index (χ2n) is 5.57. The number of hydrogen-bond acceptors (Lipinski definition) is 3. The number of hydrogen-bond donors (Lipinski definition) is 3. The zero-order valence-corrected chi connectivity index (χ0v) is 11.6. The van der Waals surface area contributed by atoms with E-state index in [0.29, 0.717) is 17.6 Å². The van der Waals surface area contributed by atoms with E-state index in [-0.39, 0.29) is 5.56 Å². The van der Waals surface area contributed by atoms with Gasteiger partial charge in [0.1, 0.15) is 0 Å². The maximum atomic E-state index is 11.2. The lowest BCUT2D eigenvalue weighted by atomic mass is 9.85. The van der Waals surface area contributed by atoms with E-state index in [0.717, 1.165) is 17.7 Å². The quantitative estimate of drug-likeness (QED) is 0.731. The Morgan fingerprint density at radius 2 is 2.05 bits per heavy atom. The third kappa shape index (κ3) is 3.00. The summed E-state index contributed by atoms with van der Waals surface area (Å²) in [6.07, 6.45) is 4.91. The maximum absolute atomic E-state index is 11.2. The number of carboxylic acids is 1. The van der Waals surface area contributed by atoms with E-state index in [4.69, 9.17) is 10.8 Å². The van der Waals surface area contributed by atoms with E-state index in [9.17, 15) is 4.79 Å². The lowest BCUT2D eigenvalue weighted by Crippen LogP contribution is -2.30. The summed E-state index contributed by atoms with van der Waals surface area (Å²) in [5.41, 5.74) is 8.02. The molecular formula is C15H22N2O2. The Bertz CT molecular complexity index is 485. The minimum absolute atomic E-state index is 0.186. The average Bonchev–Trinajstić information content (AvgIpc) is 2.36. The average molecular weight is 262 g/mol. The van der Waals surface area contributed by atoms with Crippen molar-refractivity contribution in [2.24, 2.45) is 5.92 Å². The molecule has 0 saturated heterocycles. The van der Waals surface area contributed by atoms with Gasteiger partial charge in [0.2, 0.25) is 0 Å². The van der Waals surface area contributed by atoms with Crippen LogP contribution in [-0.4, -0.2) is 17.1 Å². The van der Waals surface area contributed by atoms with Gasteiger partial charge in [0, 0.05) is 17.4 Å². The van der Waals surface area contributed by atoms with Crippen LogP contribution < -0.4 is 11.1 Å². The highest BCUT2D eigenvalue weighted by Crippen LogP contribution is 2.29. The number of nitrogen functional groups attached to an aromatic ring is 1. The van der Waals surface area contributed by atoms with Crippen molar-refractivity contribution in [1.82, 2.24) is 0 Å². The number of aromatic carboxylic acids is 1. The maximum Gasteiger partial charge on any atom is 0.337 e. The molecule has 1 fully saturated rings. The summed E-state index contributed by atoms with van der Waals surface area (Å²) in [5.74, 6) is -0.346. The van der Waals surface area contributed by atoms with Crippen LogP contribution in [-0.2, 0) is 0 Å². The van der Waals surface area contributed by atoms with Gasteiger partial charge in [-0.1, -0.05) is 19.8 Å². The monoisotopic (exact) mass is 262 g/mol. The minimum atomic E-state index is -0.971. The first kappa shape index (κ1) is 13.7. The smallest absolute Gasteiger partial charge is 0.337 e. The summed E-state index contributed by atoms with van der Waals surface area (Å²) in [6.45, 7) is 4.09. The van der Waals surface area contributed by atoms with Gasteiger partial charge in [-0.2, -0.15) is 0 Å². The Hall–Kier alpha value is -1.71. The number of rotatable bonds is 3. The van der Waals surface area contributed by atoms with E-state index >= 15 is 0 Å². The van der Waals surface area contributed by atoms with Crippen LogP contribution in [0.3, 0.4) is 0 Å². The first-order valence-electron chi connectivity index (χ1n) is 6.89. The highest BCUT2D eigenvalue weighted by Gasteiger charge is 2.21. The predicted octanol–water partition coefficient (Wildman–Crippen LogP) is 3.27. The molecule has 0 radical (unpaired) electrons. The molecule has 0 aliphatic heterocycles. The van der Waals surface area contributed by atoms with E-state index in [2.05, 4.69) is 12.2 Å². The van der Waals surface area contributed by atoms with Crippen LogP contribution in [0.5, 0.6) is 0 Å². The molecule has 19 heavy (non-hydrogen) atoms. The second kappa shape index (κ2) is 5.51. The fourth-order valence-electron chi connectivity index (χ4n) is 2.80. The van der Waals surface area contributed by atoms with Crippen molar-refractivity contribution in [3.05, 3.63) is 23.3 Å². The minimum Gasteiger partial charge on any atom is -0.478 e. The summed E-state index contributed by atoms with van der Waals surface area (Å²) >= 11 is 0. The molecule has 2 rings (SSSR count). The van der Waals surface area contributed by atoms with Crippen LogP contribution in [0.25, 0.3) is 0 Å². The number of benzene rings is 1. The van der Waals surface area contributed by atoms with E-state index in [1.165, 1.54) is 19.3 Å². The van der Waals surface area contributed by atoms with Gasteiger partial charge in [-0.3, -0.25) is 0 Å². The second-order valence-corrected chi connectivity index (χ2v) is 5.57. The summed E-state index contributed by atoms with van der Waals surface area (Å²) < 4.78 is 0. The fourth-order valence-corrected chi connectivity index (χ4v) is 2.80. The number of carbonyl (C=O) groups is 1. The van der Waals surface area contributed by atoms with Crippen molar-refractivity contribution in [3.63, 3.8) is 0 Å². The number of nitrogens with one attached hydrogen (secondary N) is 1. The topological polar surface area (TPSA) is 75.3 Å². The number of anilines is 2. The molecule has 0 bridgehead atoms. The largest absolute Gasteiger partial charge is 0.478 e. The van der Waals surface area contributed by atoms with E-state index in [1.807, 2.05) is 13.0 Å². The van der Waals surface area contributed by atoms with Gasteiger partial charge in [-0.05, 0) is 43.4 Å². The molecule has 0 spiro atoms. The van der Waals surface area contributed by atoms with Crippen LogP contribution in [0.15, 0.2) is 12.1 Å². The van der Waals surface area contributed by atoms with Crippen LogP contribution in [0, 0.1) is 12.8 Å². The van der Waals surface area contributed by atoms with Crippen LogP contribution in [0.4, 0.5) is 11.4 Å². The third-order valence-electron chi connectivity index (χ3n) is 4.08. The van der Waals surface area contributed by atoms with Gasteiger partial charge in [-0.15, -0.1) is 0 Å². The van der Waals surface area contributed by atoms with Crippen molar-refractivity contribution < 1.29 is 9.90 Å². The molecule has 1 aromatic rings. The fraction of sp³-hybridized carbons (Fsp3) is 0.533. The van der Waals surface area contributed by atoms with Crippen molar-refractivity contribution in [2.45, 2.75) is 45.6 Å². The number of aryl methyl sites for hydroxylation is 1. The highest BCUT2D eigenvalue weighted by molar-refractivity contribution is 5.95. The molecule has 2 atom stereocenters. The number of nitrogens with two attached hydrogens (primary N) is 1. The van der Waals surface area contributed by atoms with Crippen LogP contribution in [0.1, 0.15) is 48.5 Å². The predicted molar refractivity (Wildman–Crippen MR) is 77.6 cm³/mol. The van der Waals surface area contributed by atoms with E-state index < -0.39 is 5.97 Å². The van der Waals surface area contributed by atoms with Gasteiger partial charge >= 0.3 is 5.97 Å². The Balaban J connectivity index is 2.23. The SMILES string of the molecule is Cc1cc(NC2CCCCC2C)cc(C(=O)O)c1N. The van der Waals surface area contributed by atoms with Crippen LogP contribution in [0.2, 0.25) is 0 Å². The molecule has 1 saturated carbocycles. The first-order chi connectivity index (χ1) is 8.99. The third-order valence-corrected chi connectivity index (χ3v) is 4.08. The van der Waals surface area contributed by atoms with Gasteiger partial charge < -0.3 is 16.2 Å². The molecule has 104 valence electrons. The lowest BCUT2D eigenvalue weighted by Gasteiger charge is -2.30. The Morgan fingerprint density at radius 3 is 2.68 bits per heavy atom. The normalized spacial score (nSPS) is 23.1. The Kier molecular flexibility index (Phi) is 3.98. The number of carboxylic acid groups (broad SMARTS) is 1. The molecule has 0 aromatic heterocycles. The molecular weight excluding hydrogens is 240 g/mol. The molecule has 4 N–H and O–H groups in total. The Morgan fingerprint density at radius 1 is 1.37 bits per heavy atom. The zero-order valence-electron chi connectivity index (χ0n) is 11.6. The van der Waals surface area contributed by atoms with Crippen molar-refractivity contribution in [1.29, 1.82) is 0 Å². The molecule has 4 heteroatoms. The summed E-state index contributed by atoms with van der Waals surface area (Å²) in [5, 5.41) is 12.6. The van der Waals surface area contributed by atoms with Crippen molar-refractivity contribution >= 4 is 17.3 Å². The Labute approximate surface area is 114 Å². The molecule has 2 unspecified atom stereocenters. The van der Waals surface area contributed by atoms with Gasteiger partial charge in [0.15, 0.2) is 0 Å². The molecule has 0 heterocycles. The zero-order chi connectivity index (χ0) is 14.0. The summed E-state index contributed by atoms with van der Waals surface area (Å²) in [7, 11) is 0. The molecule has 0 amide bonds. The molecule has 1 aromatic carbocycles. The standard InChI is InChI=1S/C15H22N2O2/c1-9-5-3-4-6-13(9)17-11-7-10(2)14(16)12(8-11)15(18)19/h7-9,13,17H,3-6,16H2,1-2H3,(H,18,19). The first-order valence-corrected chi connectivity index (χ1v) is 6.89. The van der Waals surface area contributed by atoms with E-state index in [1.54, 1.807) is 6.07 Å². The highest BCUT2D eigenvalue weighted by atomic mass is 16.4. The van der Waals surface area contributed by atoms with Crippen molar-refractivity contribution in [3.8, 4) is 0 Å². The molecule has 1 aliphatic carbocycles. The van der Waals surface area contributed by atoms with Crippen LogP contribution >= 0.6 is 0 Å². The van der Waals surface area contributed by atoms with Gasteiger partial charge in [0.25, 0.3) is 0 Å². The van der Waals surface area contributed by atoms with Gasteiger partial charge in [0.05, 0.1) is 5.56 Å². The summed E-state index contributed by atoms with van der Waals surface area (Å²) in [6, 6.07) is 4.01. The summed E-state index contributed by atoms with van der Waals surface area (Å²) in [4.78, 5) is 11.2. The van der Waals surface area contributed by atoms with Crippen molar-refractivity contribution in [2.75, 3.05) is 11.1 Å². The molecule has 1 aliphatic rings. The van der Waals surface area contributed by atoms with Gasteiger partial charge in [-0.25, -0.2) is 4.79 Å². The molecule has 4 nitrogen and oxygen atoms in total. The lowest BCUT2D eigenvalue weighted by molar-refractivity contribution is 0.0698.